The Morgan fingerprint density at radius 3 is 2.36 bits per heavy atom. The number of ether oxygens (including phenoxy) is 1. The molecule has 1 N–H and O–H groups in total. The number of nitrogens with zero attached hydrogens (tertiary/aromatic N) is 1. The van der Waals surface area contributed by atoms with Crippen LogP contribution in [0.25, 0.3) is 0 Å². The van der Waals surface area contributed by atoms with E-state index in [-0.39, 0.29) is 0 Å². The van der Waals surface area contributed by atoms with Gasteiger partial charge in [0.15, 0.2) is 0 Å². The van der Waals surface area contributed by atoms with Crippen LogP contribution in [0.5, 0.6) is 5.75 Å². The molecule has 1 unspecified atom stereocenters. The molecular formula is C19H25NO2. The van der Waals surface area contributed by atoms with Gasteiger partial charge >= 0.3 is 0 Å². The fourth-order valence-electron chi connectivity index (χ4n) is 2.44. The van der Waals surface area contributed by atoms with E-state index in [4.69, 9.17) is 4.74 Å². The number of rotatable bonds is 8. The quantitative estimate of drug-likeness (QED) is 0.808. The van der Waals surface area contributed by atoms with Crippen LogP contribution in [-0.4, -0.2) is 30.2 Å². The van der Waals surface area contributed by atoms with Gasteiger partial charge in [0, 0.05) is 13.1 Å². The van der Waals surface area contributed by atoms with Crippen LogP contribution in [0.15, 0.2) is 54.6 Å². The summed E-state index contributed by atoms with van der Waals surface area (Å²) in [4.78, 5) is 2.23. The van der Waals surface area contributed by atoms with Gasteiger partial charge in [0.25, 0.3) is 0 Å². The largest absolute Gasteiger partial charge is 0.494 e. The summed E-state index contributed by atoms with van der Waals surface area (Å²) in [5.74, 6) is 0.847. The molecule has 0 aliphatic carbocycles. The maximum atomic E-state index is 10.3. The van der Waals surface area contributed by atoms with Gasteiger partial charge in [0.05, 0.1) is 12.7 Å². The second-order valence-electron chi connectivity index (χ2n) is 5.53. The van der Waals surface area contributed by atoms with Crippen molar-refractivity contribution in [3.8, 4) is 5.75 Å². The molecule has 0 saturated carbocycles. The van der Waals surface area contributed by atoms with Gasteiger partial charge in [-0.1, -0.05) is 42.5 Å². The van der Waals surface area contributed by atoms with Crippen molar-refractivity contribution in [2.45, 2.75) is 26.0 Å². The summed E-state index contributed by atoms with van der Waals surface area (Å²) in [5.41, 5.74) is 2.23. The van der Waals surface area contributed by atoms with Gasteiger partial charge < -0.3 is 14.7 Å². The van der Waals surface area contributed by atoms with E-state index in [9.17, 15) is 5.11 Å². The second kappa shape index (κ2) is 8.57. The molecular weight excluding hydrogens is 274 g/mol. The molecule has 3 heteroatoms. The highest BCUT2D eigenvalue weighted by atomic mass is 16.5. The molecule has 0 radical (unpaired) electrons. The van der Waals surface area contributed by atoms with Crippen LogP contribution in [0, 0.1) is 0 Å². The Kier molecular flexibility index (Phi) is 6.44. The zero-order valence-electron chi connectivity index (χ0n) is 13.4. The Hall–Kier alpha value is -1.84. The minimum absolute atomic E-state index is 0.436. The van der Waals surface area contributed by atoms with Gasteiger partial charge in [-0.2, -0.15) is 0 Å². The van der Waals surface area contributed by atoms with E-state index in [1.54, 1.807) is 0 Å². The molecule has 0 fully saturated rings. The topological polar surface area (TPSA) is 32.7 Å². The molecule has 0 spiro atoms. The van der Waals surface area contributed by atoms with E-state index in [0.717, 1.165) is 30.8 Å². The lowest BCUT2D eigenvalue weighted by atomic mass is 10.1. The minimum Gasteiger partial charge on any atom is -0.494 e. The average molecular weight is 299 g/mol. The lowest BCUT2D eigenvalue weighted by Gasteiger charge is -2.19. The maximum Gasteiger partial charge on any atom is 0.119 e. The summed E-state index contributed by atoms with van der Waals surface area (Å²) in [6, 6.07) is 18.1. The highest BCUT2D eigenvalue weighted by Gasteiger charge is 2.09. The Labute approximate surface area is 133 Å². The van der Waals surface area contributed by atoms with Crippen molar-refractivity contribution < 1.29 is 9.84 Å². The fraction of sp³-hybridized carbons (Fsp3) is 0.368. The smallest absolute Gasteiger partial charge is 0.119 e. The van der Waals surface area contributed by atoms with E-state index in [1.807, 2.05) is 37.3 Å². The first-order chi connectivity index (χ1) is 10.7. The van der Waals surface area contributed by atoms with E-state index in [0.29, 0.717) is 6.61 Å². The Morgan fingerprint density at radius 1 is 1.05 bits per heavy atom. The third-order valence-corrected chi connectivity index (χ3v) is 3.66. The van der Waals surface area contributed by atoms with Crippen LogP contribution in [0.3, 0.4) is 0 Å². The molecule has 0 aliphatic rings. The predicted molar refractivity (Wildman–Crippen MR) is 90.0 cm³/mol. The summed E-state index contributed by atoms with van der Waals surface area (Å²) < 4.78 is 5.42. The molecule has 1 atom stereocenters. The molecule has 2 aromatic rings. The molecule has 0 aliphatic heterocycles. The van der Waals surface area contributed by atoms with E-state index < -0.39 is 6.10 Å². The Morgan fingerprint density at radius 2 is 1.73 bits per heavy atom. The van der Waals surface area contributed by atoms with Gasteiger partial charge in [-0.15, -0.1) is 0 Å². The highest BCUT2D eigenvalue weighted by molar-refractivity contribution is 5.28. The van der Waals surface area contributed by atoms with Crippen molar-refractivity contribution in [3.63, 3.8) is 0 Å². The number of aliphatic hydroxyl groups excluding tert-OH is 1. The van der Waals surface area contributed by atoms with Gasteiger partial charge in [0.2, 0.25) is 0 Å². The molecule has 2 rings (SSSR count). The third-order valence-electron chi connectivity index (χ3n) is 3.66. The SMILES string of the molecule is CCOc1ccc(C(O)CCN(C)Cc2ccccc2)cc1. The molecule has 0 bridgehead atoms. The van der Waals surface area contributed by atoms with Crippen molar-refractivity contribution in [2.24, 2.45) is 0 Å². The molecule has 0 heterocycles. The van der Waals surface area contributed by atoms with Gasteiger partial charge in [-0.05, 0) is 43.7 Å². The first-order valence-electron chi connectivity index (χ1n) is 7.82. The zero-order chi connectivity index (χ0) is 15.8. The van der Waals surface area contributed by atoms with Crippen LogP contribution < -0.4 is 4.74 Å². The average Bonchev–Trinajstić information content (AvgIpc) is 2.54. The number of aliphatic hydroxyl groups is 1. The first kappa shape index (κ1) is 16.5. The lowest BCUT2D eigenvalue weighted by Crippen LogP contribution is -2.20. The standard InChI is InChI=1S/C19H25NO2/c1-3-22-18-11-9-17(10-12-18)19(21)13-14-20(2)15-16-7-5-4-6-8-16/h4-12,19,21H,3,13-15H2,1-2H3. The molecule has 0 aromatic heterocycles. The Balaban J connectivity index is 1.80. The van der Waals surface area contributed by atoms with Gasteiger partial charge in [-0.25, -0.2) is 0 Å². The summed E-state index contributed by atoms with van der Waals surface area (Å²) in [6.07, 6.45) is 0.283. The maximum absolute atomic E-state index is 10.3. The monoisotopic (exact) mass is 299 g/mol. The van der Waals surface area contributed by atoms with Gasteiger partial charge in [0.1, 0.15) is 5.75 Å². The van der Waals surface area contributed by atoms with Crippen LogP contribution in [0.4, 0.5) is 0 Å². The minimum atomic E-state index is -0.436. The van der Waals surface area contributed by atoms with Crippen molar-refractivity contribution in [1.29, 1.82) is 0 Å². The van der Waals surface area contributed by atoms with Crippen molar-refractivity contribution in [2.75, 3.05) is 20.2 Å². The Bertz CT molecular complexity index is 539. The van der Waals surface area contributed by atoms with Crippen LogP contribution >= 0.6 is 0 Å². The van der Waals surface area contributed by atoms with E-state index in [2.05, 4.69) is 36.2 Å². The predicted octanol–water partition coefficient (Wildman–Crippen LogP) is 3.64. The lowest BCUT2D eigenvalue weighted by molar-refractivity contribution is 0.147. The zero-order valence-corrected chi connectivity index (χ0v) is 13.4. The van der Waals surface area contributed by atoms with Crippen LogP contribution in [0.1, 0.15) is 30.6 Å². The molecule has 0 saturated heterocycles. The van der Waals surface area contributed by atoms with E-state index >= 15 is 0 Å². The summed E-state index contributed by atoms with van der Waals surface area (Å²) in [5, 5.41) is 10.3. The van der Waals surface area contributed by atoms with Crippen molar-refractivity contribution in [1.82, 2.24) is 4.90 Å². The third kappa shape index (κ3) is 5.17. The molecule has 0 amide bonds. The normalized spacial score (nSPS) is 12.4. The number of benzene rings is 2. The van der Waals surface area contributed by atoms with Crippen LogP contribution in [-0.2, 0) is 6.54 Å². The molecule has 3 nitrogen and oxygen atoms in total. The van der Waals surface area contributed by atoms with Crippen molar-refractivity contribution in [3.05, 3.63) is 65.7 Å². The van der Waals surface area contributed by atoms with E-state index in [1.165, 1.54) is 5.56 Å². The molecule has 22 heavy (non-hydrogen) atoms. The molecule has 2 aromatic carbocycles. The summed E-state index contributed by atoms with van der Waals surface area (Å²) in [6.45, 7) is 4.37. The van der Waals surface area contributed by atoms with Gasteiger partial charge in [-0.3, -0.25) is 0 Å². The summed E-state index contributed by atoms with van der Waals surface area (Å²) >= 11 is 0. The number of hydrogen-bond donors (Lipinski definition) is 1. The first-order valence-corrected chi connectivity index (χ1v) is 7.82. The highest BCUT2D eigenvalue weighted by Crippen LogP contribution is 2.20. The van der Waals surface area contributed by atoms with Crippen LogP contribution in [0.2, 0.25) is 0 Å². The fourth-order valence-corrected chi connectivity index (χ4v) is 2.44. The second-order valence-corrected chi connectivity index (χ2v) is 5.53. The summed E-state index contributed by atoms with van der Waals surface area (Å²) in [7, 11) is 2.08. The van der Waals surface area contributed by atoms with Crippen molar-refractivity contribution >= 4 is 0 Å². The molecule has 118 valence electrons. The number of hydrogen-bond acceptors (Lipinski definition) is 3.